The molecule has 1 aliphatic rings. The Hall–Kier alpha value is -1.30. The van der Waals surface area contributed by atoms with Crippen molar-refractivity contribution in [2.75, 3.05) is 5.75 Å². The summed E-state index contributed by atoms with van der Waals surface area (Å²) >= 11 is 1.40. The fourth-order valence-corrected chi connectivity index (χ4v) is 2.47. The second-order valence-corrected chi connectivity index (χ2v) is 4.01. The van der Waals surface area contributed by atoms with Crippen molar-refractivity contribution in [1.82, 2.24) is 9.55 Å². The zero-order valence-electron chi connectivity index (χ0n) is 7.27. The molecule has 1 aromatic rings. The van der Waals surface area contributed by atoms with Crippen LogP contribution in [0.25, 0.3) is 0 Å². The van der Waals surface area contributed by atoms with Gasteiger partial charge < -0.3 is 9.67 Å². The third-order valence-corrected chi connectivity index (χ3v) is 3.20. The first-order chi connectivity index (χ1) is 6.70. The molecular weight excluding hydrogens is 204 g/mol. The van der Waals surface area contributed by atoms with Crippen LogP contribution in [0.2, 0.25) is 0 Å². The summed E-state index contributed by atoms with van der Waals surface area (Å²) in [6, 6.07) is 0. The molecule has 2 heterocycles. The van der Waals surface area contributed by atoms with Gasteiger partial charge in [-0.15, -0.1) is 11.8 Å². The molecule has 1 N–H and O–H groups in total. The number of aryl methyl sites for hydroxylation is 1. The van der Waals surface area contributed by atoms with Crippen LogP contribution in [-0.4, -0.2) is 26.4 Å². The minimum Gasteiger partial charge on any atom is -0.477 e. The van der Waals surface area contributed by atoms with Crippen molar-refractivity contribution in [3.05, 3.63) is 22.2 Å². The minimum absolute atomic E-state index is 0.197. The van der Waals surface area contributed by atoms with Gasteiger partial charge in [-0.3, -0.25) is 4.79 Å². The number of thioether (sulfide) groups is 1. The molecule has 5 nitrogen and oxygen atoms in total. The molecule has 2 rings (SSSR count). The average molecular weight is 212 g/mol. The first-order valence-corrected chi connectivity index (χ1v) is 5.14. The van der Waals surface area contributed by atoms with Crippen molar-refractivity contribution >= 4 is 17.7 Å². The molecule has 0 saturated heterocycles. The van der Waals surface area contributed by atoms with Crippen molar-refractivity contribution < 1.29 is 9.90 Å². The Morgan fingerprint density at radius 1 is 1.64 bits per heavy atom. The summed E-state index contributed by atoms with van der Waals surface area (Å²) in [5.74, 6) is -0.342. The van der Waals surface area contributed by atoms with E-state index in [9.17, 15) is 9.59 Å². The highest BCUT2D eigenvalue weighted by Gasteiger charge is 2.21. The van der Waals surface area contributed by atoms with Crippen LogP contribution in [0.5, 0.6) is 0 Å². The SMILES string of the molecule is O=C(O)c1c2n(cnc1=O)CCCS2. The van der Waals surface area contributed by atoms with Gasteiger partial charge in [0.1, 0.15) is 0 Å². The van der Waals surface area contributed by atoms with Crippen LogP contribution in [0.15, 0.2) is 16.1 Å². The maximum atomic E-state index is 11.2. The van der Waals surface area contributed by atoms with Crippen LogP contribution < -0.4 is 5.56 Å². The molecule has 0 atom stereocenters. The Morgan fingerprint density at radius 3 is 3.14 bits per heavy atom. The number of carbonyl (C=O) groups is 1. The van der Waals surface area contributed by atoms with E-state index in [-0.39, 0.29) is 5.56 Å². The summed E-state index contributed by atoms with van der Waals surface area (Å²) in [6.07, 6.45) is 2.39. The zero-order chi connectivity index (χ0) is 10.1. The summed E-state index contributed by atoms with van der Waals surface area (Å²) in [6.45, 7) is 0.732. The van der Waals surface area contributed by atoms with E-state index in [0.717, 1.165) is 18.7 Å². The second-order valence-electron chi connectivity index (χ2n) is 2.93. The standard InChI is InChI=1S/C8H8N2O3S/c11-6-5(8(12)13)7-10(4-9-6)2-1-3-14-7/h4H,1-3H2,(H,12,13). The Bertz CT molecular complexity index is 441. The van der Waals surface area contributed by atoms with E-state index in [1.54, 1.807) is 4.57 Å². The number of hydrogen-bond donors (Lipinski definition) is 1. The molecule has 74 valence electrons. The summed E-state index contributed by atoms with van der Waals surface area (Å²) in [5.41, 5.74) is -0.852. The van der Waals surface area contributed by atoms with E-state index in [0.29, 0.717) is 5.03 Å². The van der Waals surface area contributed by atoms with Crippen LogP contribution in [0, 0.1) is 0 Å². The Morgan fingerprint density at radius 2 is 2.43 bits per heavy atom. The number of nitrogens with zero attached hydrogens (tertiary/aromatic N) is 2. The Labute approximate surface area is 83.8 Å². The fourth-order valence-electron chi connectivity index (χ4n) is 1.38. The lowest BCUT2D eigenvalue weighted by atomic mass is 10.3. The highest BCUT2D eigenvalue weighted by molar-refractivity contribution is 7.99. The van der Waals surface area contributed by atoms with Gasteiger partial charge in [0.2, 0.25) is 0 Å². The van der Waals surface area contributed by atoms with Crippen LogP contribution >= 0.6 is 11.8 Å². The van der Waals surface area contributed by atoms with Crippen LogP contribution in [0.1, 0.15) is 16.8 Å². The molecule has 0 amide bonds. The van der Waals surface area contributed by atoms with Gasteiger partial charge in [0, 0.05) is 12.3 Å². The van der Waals surface area contributed by atoms with Gasteiger partial charge in [0.05, 0.1) is 11.4 Å². The Kier molecular flexibility index (Phi) is 2.28. The number of rotatable bonds is 1. The minimum atomic E-state index is -1.19. The van der Waals surface area contributed by atoms with Crippen LogP contribution in [0.3, 0.4) is 0 Å². The summed E-state index contributed by atoms with van der Waals surface area (Å²) in [4.78, 5) is 25.6. The van der Waals surface area contributed by atoms with Crippen molar-refractivity contribution in [2.24, 2.45) is 0 Å². The van der Waals surface area contributed by atoms with Gasteiger partial charge in [0.25, 0.3) is 5.56 Å². The summed E-state index contributed by atoms with van der Waals surface area (Å²) in [7, 11) is 0. The van der Waals surface area contributed by atoms with Gasteiger partial charge in [-0.05, 0) is 6.42 Å². The molecule has 0 unspecified atom stereocenters. The highest BCUT2D eigenvalue weighted by Crippen LogP contribution is 2.25. The summed E-state index contributed by atoms with van der Waals surface area (Å²) in [5, 5.41) is 9.39. The molecule has 6 heteroatoms. The predicted octanol–water partition coefficient (Wildman–Crippen LogP) is 0.437. The van der Waals surface area contributed by atoms with Crippen LogP contribution in [0.4, 0.5) is 0 Å². The largest absolute Gasteiger partial charge is 0.477 e. The van der Waals surface area contributed by atoms with Crippen molar-refractivity contribution in [3.63, 3.8) is 0 Å². The third kappa shape index (κ3) is 1.41. The lowest BCUT2D eigenvalue weighted by Gasteiger charge is -2.18. The second kappa shape index (κ2) is 3.45. The van der Waals surface area contributed by atoms with E-state index in [1.807, 2.05) is 0 Å². The van der Waals surface area contributed by atoms with E-state index in [1.165, 1.54) is 18.1 Å². The van der Waals surface area contributed by atoms with E-state index >= 15 is 0 Å². The number of aromatic carboxylic acids is 1. The first-order valence-electron chi connectivity index (χ1n) is 4.15. The zero-order valence-corrected chi connectivity index (χ0v) is 8.08. The summed E-state index contributed by atoms with van der Waals surface area (Å²) < 4.78 is 1.72. The number of hydrogen-bond acceptors (Lipinski definition) is 4. The van der Waals surface area contributed by atoms with E-state index in [4.69, 9.17) is 5.11 Å². The number of carboxylic acid groups (broad SMARTS) is 1. The molecule has 0 aliphatic carbocycles. The molecule has 0 fully saturated rings. The third-order valence-electron chi connectivity index (χ3n) is 2.00. The topological polar surface area (TPSA) is 72.2 Å². The Balaban J connectivity index is 2.67. The molecule has 14 heavy (non-hydrogen) atoms. The predicted molar refractivity (Wildman–Crippen MR) is 50.8 cm³/mol. The number of aromatic nitrogens is 2. The monoisotopic (exact) mass is 212 g/mol. The average Bonchev–Trinajstić information content (AvgIpc) is 2.17. The molecule has 0 aromatic carbocycles. The first kappa shape index (κ1) is 9.26. The van der Waals surface area contributed by atoms with E-state index in [2.05, 4.69) is 4.98 Å². The molecular formula is C8H8N2O3S. The highest BCUT2D eigenvalue weighted by atomic mass is 32.2. The maximum absolute atomic E-state index is 11.2. The lowest BCUT2D eigenvalue weighted by Crippen LogP contribution is -2.25. The van der Waals surface area contributed by atoms with Crippen LogP contribution in [-0.2, 0) is 6.54 Å². The molecule has 1 aliphatic heterocycles. The molecule has 0 saturated carbocycles. The fraction of sp³-hybridized carbons (Fsp3) is 0.375. The van der Waals surface area contributed by atoms with Gasteiger partial charge in [-0.1, -0.05) is 0 Å². The van der Waals surface area contributed by atoms with Gasteiger partial charge in [-0.2, -0.15) is 4.98 Å². The van der Waals surface area contributed by atoms with Crippen molar-refractivity contribution in [3.8, 4) is 0 Å². The quantitative estimate of drug-likeness (QED) is 0.684. The normalized spacial score (nSPS) is 14.9. The molecule has 1 aromatic heterocycles. The lowest BCUT2D eigenvalue weighted by molar-refractivity contribution is 0.0688. The smallest absolute Gasteiger partial charge is 0.344 e. The molecule has 0 radical (unpaired) electrons. The number of fused-ring (bicyclic) bond motifs is 1. The maximum Gasteiger partial charge on any atom is 0.344 e. The van der Waals surface area contributed by atoms with Crippen molar-refractivity contribution in [2.45, 2.75) is 18.0 Å². The van der Waals surface area contributed by atoms with Gasteiger partial charge >= 0.3 is 5.97 Å². The van der Waals surface area contributed by atoms with Crippen molar-refractivity contribution in [1.29, 1.82) is 0 Å². The van der Waals surface area contributed by atoms with Gasteiger partial charge in [0.15, 0.2) is 5.56 Å². The van der Waals surface area contributed by atoms with Gasteiger partial charge in [-0.25, -0.2) is 4.79 Å². The van der Waals surface area contributed by atoms with E-state index < -0.39 is 11.5 Å². The molecule has 0 bridgehead atoms. The molecule has 0 spiro atoms. The number of carboxylic acids is 1.